The van der Waals surface area contributed by atoms with Gasteiger partial charge in [-0.2, -0.15) is 13.2 Å². The van der Waals surface area contributed by atoms with Crippen LogP contribution in [0.4, 0.5) is 18.9 Å². The second-order valence-corrected chi connectivity index (χ2v) is 8.05. The van der Waals surface area contributed by atoms with E-state index in [1.165, 1.54) is 48.9 Å². The van der Waals surface area contributed by atoms with Crippen LogP contribution in [0.2, 0.25) is 0 Å². The molecule has 0 bridgehead atoms. The van der Waals surface area contributed by atoms with Crippen molar-refractivity contribution >= 4 is 23.4 Å². The number of alkyl halides is 3. The number of hydrogen-bond donors (Lipinski definition) is 2. The van der Waals surface area contributed by atoms with Crippen LogP contribution >= 0.6 is 0 Å². The number of para-hydroxylation sites is 1. The van der Waals surface area contributed by atoms with Gasteiger partial charge in [0.1, 0.15) is 11.8 Å². The van der Waals surface area contributed by atoms with E-state index in [-0.39, 0.29) is 17.9 Å². The van der Waals surface area contributed by atoms with Crippen LogP contribution in [0.15, 0.2) is 100 Å². The van der Waals surface area contributed by atoms with E-state index in [9.17, 15) is 27.6 Å². The average molecular weight is 525 g/mol. The molecule has 3 amide bonds. The zero-order chi connectivity index (χ0) is 27.1. The van der Waals surface area contributed by atoms with Crippen LogP contribution in [-0.2, 0) is 22.3 Å². The highest BCUT2D eigenvalue weighted by atomic mass is 19.4. The maximum atomic E-state index is 14.0. The Bertz CT molecular complexity index is 1370. The molecule has 0 spiro atoms. The number of anilines is 1. The van der Waals surface area contributed by atoms with Gasteiger partial charge in [-0.1, -0.05) is 42.5 Å². The van der Waals surface area contributed by atoms with Gasteiger partial charge in [-0.05, 0) is 42.0 Å². The van der Waals surface area contributed by atoms with Gasteiger partial charge >= 0.3 is 6.18 Å². The minimum absolute atomic E-state index is 0.0622. The molecule has 8 nitrogen and oxygen atoms in total. The summed E-state index contributed by atoms with van der Waals surface area (Å²) in [6, 6.07) is 16.9. The van der Waals surface area contributed by atoms with Crippen molar-refractivity contribution in [2.24, 2.45) is 0 Å². The molecule has 196 valence electrons. The first-order valence-corrected chi connectivity index (χ1v) is 11.4. The average Bonchev–Trinajstić information content (AvgIpc) is 3.64. The van der Waals surface area contributed by atoms with Crippen molar-refractivity contribution in [2.45, 2.75) is 18.8 Å². The number of nitrogens with zero attached hydrogens (tertiary/aromatic N) is 1. The third-order valence-corrected chi connectivity index (χ3v) is 5.52. The van der Waals surface area contributed by atoms with E-state index < -0.39 is 47.7 Å². The van der Waals surface area contributed by atoms with Crippen molar-refractivity contribution in [1.29, 1.82) is 0 Å². The van der Waals surface area contributed by atoms with E-state index in [4.69, 9.17) is 8.83 Å². The van der Waals surface area contributed by atoms with Crippen LogP contribution in [0.3, 0.4) is 0 Å². The maximum absolute atomic E-state index is 14.0. The number of benzene rings is 2. The van der Waals surface area contributed by atoms with Gasteiger partial charge in [-0.3, -0.25) is 19.3 Å². The maximum Gasteiger partial charge on any atom is 0.418 e. The predicted molar refractivity (Wildman–Crippen MR) is 130 cm³/mol. The van der Waals surface area contributed by atoms with E-state index in [0.717, 1.165) is 17.0 Å². The summed E-state index contributed by atoms with van der Waals surface area (Å²) >= 11 is 0. The molecule has 4 rings (SSSR count). The molecule has 2 aromatic carbocycles. The number of carbonyl (C=O) groups is 3. The molecule has 38 heavy (non-hydrogen) atoms. The molecule has 0 radical (unpaired) electrons. The van der Waals surface area contributed by atoms with Crippen molar-refractivity contribution in [3.8, 4) is 0 Å². The van der Waals surface area contributed by atoms with Gasteiger partial charge in [-0.15, -0.1) is 0 Å². The fourth-order valence-corrected chi connectivity index (χ4v) is 3.81. The molecule has 0 aliphatic rings. The molecule has 0 aliphatic heterocycles. The molecule has 4 aromatic rings. The molecule has 1 atom stereocenters. The van der Waals surface area contributed by atoms with E-state index >= 15 is 0 Å². The molecule has 2 aromatic heterocycles. The third-order valence-electron chi connectivity index (χ3n) is 5.52. The lowest BCUT2D eigenvalue weighted by atomic mass is 10.0. The standard InChI is InChI=1S/C27H22F3N3O5/c28-27(29,30)20-11-4-5-12-21(20)33(23(34)17-32-25(35)22-13-7-15-38-22)24(18-8-2-1-3-9-18)26(36)31-16-19-10-6-14-37-19/h1-15,24H,16-17H2,(H,31,36)(H,32,35)/t24-/m1/s1. The number of amides is 3. The summed E-state index contributed by atoms with van der Waals surface area (Å²) in [6.07, 6.45) is -2.16. The van der Waals surface area contributed by atoms with Crippen LogP contribution in [0, 0.1) is 0 Å². The number of halogens is 3. The minimum Gasteiger partial charge on any atom is -0.467 e. The number of rotatable bonds is 9. The third kappa shape index (κ3) is 6.12. The van der Waals surface area contributed by atoms with Gasteiger partial charge in [0.25, 0.3) is 5.91 Å². The van der Waals surface area contributed by atoms with Crippen molar-refractivity contribution < 1.29 is 36.4 Å². The lowest BCUT2D eigenvalue weighted by molar-refractivity contribution is -0.137. The zero-order valence-corrected chi connectivity index (χ0v) is 19.8. The molecule has 11 heteroatoms. The highest BCUT2D eigenvalue weighted by molar-refractivity contribution is 6.04. The van der Waals surface area contributed by atoms with Crippen LogP contribution < -0.4 is 15.5 Å². The van der Waals surface area contributed by atoms with Gasteiger partial charge in [-0.25, -0.2) is 0 Å². The van der Waals surface area contributed by atoms with Crippen LogP contribution in [0.1, 0.15) is 33.5 Å². The lowest BCUT2D eigenvalue weighted by Crippen LogP contribution is -2.48. The zero-order valence-electron chi connectivity index (χ0n) is 19.8. The number of carbonyl (C=O) groups excluding carboxylic acids is 3. The monoisotopic (exact) mass is 525 g/mol. The molecule has 0 saturated heterocycles. The molecule has 0 aliphatic carbocycles. The first-order chi connectivity index (χ1) is 18.3. The van der Waals surface area contributed by atoms with Crippen LogP contribution in [0.5, 0.6) is 0 Å². The molecular weight excluding hydrogens is 503 g/mol. The highest BCUT2D eigenvalue weighted by Crippen LogP contribution is 2.39. The number of hydrogen-bond acceptors (Lipinski definition) is 5. The summed E-state index contributed by atoms with van der Waals surface area (Å²) in [5.74, 6) is -2.13. The van der Waals surface area contributed by atoms with Crippen molar-refractivity contribution in [3.05, 3.63) is 114 Å². The number of nitrogens with one attached hydrogen (secondary N) is 2. The summed E-state index contributed by atoms with van der Waals surface area (Å²) in [5.41, 5.74) is -1.41. The van der Waals surface area contributed by atoms with Gasteiger partial charge in [0.15, 0.2) is 5.76 Å². The lowest BCUT2D eigenvalue weighted by Gasteiger charge is -2.33. The molecule has 0 fully saturated rings. The quantitative estimate of drug-likeness (QED) is 0.329. The van der Waals surface area contributed by atoms with Gasteiger partial charge in [0, 0.05) is 0 Å². The topological polar surface area (TPSA) is 105 Å². The fourth-order valence-electron chi connectivity index (χ4n) is 3.81. The summed E-state index contributed by atoms with van der Waals surface area (Å²) < 4.78 is 52.3. The van der Waals surface area contributed by atoms with E-state index in [2.05, 4.69) is 10.6 Å². The van der Waals surface area contributed by atoms with E-state index in [1.54, 1.807) is 30.3 Å². The Morgan fingerprint density at radius 1 is 0.816 bits per heavy atom. The van der Waals surface area contributed by atoms with E-state index in [0.29, 0.717) is 5.76 Å². The Labute approximate surface area is 215 Å². The molecular formula is C27H22F3N3O5. The Morgan fingerprint density at radius 3 is 2.16 bits per heavy atom. The largest absolute Gasteiger partial charge is 0.467 e. The highest BCUT2D eigenvalue weighted by Gasteiger charge is 2.40. The Balaban J connectivity index is 1.75. The Hall–Kier alpha value is -4.80. The molecule has 2 N–H and O–H groups in total. The van der Waals surface area contributed by atoms with Crippen LogP contribution in [0.25, 0.3) is 0 Å². The van der Waals surface area contributed by atoms with Gasteiger partial charge in [0.2, 0.25) is 11.8 Å². The smallest absolute Gasteiger partial charge is 0.418 e. The minimum atomic E-state index is -4.83. The van der Waals surface area contributed by atoms with E-state index in [1.807, 2.05) is 0 Å². The molecule has 0 saturated carbocycles. The summed E-state index contributed by atoms with van der Waals surface area (Å²) in [6.45, 7) is -0.770. The number of furan rings is 2. The first kappa shape index (κ1) is 26.3. The van der Waals surface area contributed by atoms with Gasteiger partial charge in [0.05, 0.1) is 36.9 Å². The van der Waals surface area contributed by atoms with Crippen LogP contribution in [-0.4, -0.2) is 24.3 Å². The normalized spacial score (nSPS) is 12.0. The molecule has 2 heterocycles. The Kier molecular flexibility index (Phi) is 7.95. The van der Waals surface area contributed by atoms with Crippen molar-refractivity contribution in [3.63, 3.8) is 0 Å². The summed E-state index contributed by atoms with van der Waals surface area (Å²) in [5, 5.41) is 4.97. The second kappa shape index (κ2) is 11.5. The predicted octanol–water partition coefficient (Wildman–Crippen LogP) is 4.71. The van der Waals surface area contributed by atoms with Crippen molar-refractivity contribution in [1.82, 2.24) is 10.6 Å². The second-order valence-electron chi connectivity index (χ2n) is 8.05. The fraction of sp³-hybridized carbons (Fsp3) is 0.148. The molecule has 0 unspecified atom stereocenters. The van der Waals surface area contributed by atoms with Crippen molar-refractivity contribution in [2.75, 3.05) is 11.4 Å². The SMILES string of the molecule is O=C(NCC(=O)N(c1ccccc1C(F)(F)F)[C@@H](C(=O)NCc1ccco1)c1ccccc1)c1ccco1. The summed E-state index contributed by atoms with van der Waals surface area (Å²) in [7, 11) is 0. The first-order valence-electron chi connectivity index (χ1n) is 11.4. The summed E-state index contributed by atoms with van der Waals surface area (Å²) in [4.78, 5) is 40.2. The van der Waals surface area contributed by atoms with Gasteiger partial charge < -0.3 is 19.5 Å². The Morgan fingerprint density at radius 2 is 1.50 bits per heavy atom.